The molecule has 136 valence electrons. The lowest BCUT2D eigenvalue weighted by atomic mass is 10.2. The van der Waals surface area contributed by atoms with E-state index < -0.39 is 0 Å². The minimum absolute atomic E-state index is 0.0315. The van der Waals surface area contributed by atoms with Gasteiger partial charge in [0.05, 0.1) is 6.54 Å². The number of carbonyl (C=O) groups is 1. The van der Waals surface area contributed by atoms with Crippen molar-refractivity contribution < 1.29 is 9.32 Å². The summed E-state index contributed by atoms with van der Waals surface area (Å²) in [5.41, 5.74) is 0.855. The van der Waals surface area contributed by atoms with Crippen LogP contribution >= 0.6 is 0 Å². The minimum atomic E-state index is -0.347. The third-order valence-electron chi connectivity index (χ3n) is 4.23. The van der Waals surface area contributed by atoms with Crippen LogP contribution in [-0.4, -0.2) is 37.5 Å². The minimum Gasteiger partial charge on any atom is -0.336 e. The second-order valence-corrected chi connectivity index (χ2v) is 6.60. The Hall–Kier alpha value is -2.96. The summed E-state index contributed by atoms with van der Waals surface area (Å²) in [5, 5.41) is 3.98. The maximum Gasteiger partial charge on any atom is 0.257 e. The smallest absolute Gasteiger partial charge is 0.257 e. The van der Waals surface area contributed by atoms with Crippen molar-refractivity contribution in [3.8, 4) is 11.5 Å². The summed E-state index contributed by atoms with van der Waals surface area (Å²) in [5.74, 6) is 2.03. The molecule has 2 aromatic heterocycles. The van der Waals surface area contributed by atoms with Crippen molar-refractivity contribution in [2.24, 2.45) is 0 Å². The third kappa shape index (κ3) is 3.66. The lowest BCUT2D eigenvalue weighted by Gasteiger charge is -2.23. The van der Waals surface area contributed by atoms with Crippen LogP contribution in [0, 0.1) is 0 Å². The van der Waals surface area contributed by atoms with Crippen molar-refractivity contribution in [1.82, 2.24) is 24.6 Å². The predicted molar refractivity (Wildman–Crippen MR) is 97.2 cm³/mol. The van der Waals surface area contributed by atoms with Gasteiger partial charge in [0.2, 0.25) is 5.91 Å². The first-order valence-corrected chi connectivity index (χ1v) is 8.63. The zero-order chi connectivity index (χ0) is 18.7. The third-order valence-corrected chi connectivity index (χ3v) is 4.23. The molecule has 0 fully saturated rings. The van der Waals surface area contributed by atoms with Crippen molar-refractivity contribution in [1.29, 1.82) is 0 Å². The van der Waals surface area contributed by atoms with E-state index in [1.165, 1.54) is 0 Å². The Kier molecular flexibility index (Phi) is 5.16. The summed E-state index contributed by atoms with van der Waals surface area (Å²) in [6.45, 7) is 6.28. The lowest BCUT2D eigenvalue weighted by molar-refractivity contribution is -0.133. The highest BCUT2D eigenvalue weighted by Gasteiger charge is 2.23. The second kappa shape index (κ2) is 7.51. The molecule has 0 bridgehead atoms. The monoisotopic (exact) mass is 353 g/mol. The van der Waals surface area contributed by atoms with Gasteiger partial charge in [-0.15, -0.1) is 0 Å². The molecule has 1 atom stereocenters. The largest absolute Gasteiger partial charge is 0.336 e. The Labute approximate surface area is 152 Å². The fourth-order valence-electron chi connectivity index (χ4n) is 2.84. The predicted octanol–water partition coefficient (Wildman–Crippen LogP) is 3.28. The zero-order valence-electron chi connectivity index (χ0n) is 15.5. The summed E-state index contributed by atoms with van der Waals surface area (Å²) in [4.78, 5) is 23.1. The van der Waals surface area contributed by atoms with E-state index in [1.807, 2.05) is 48.0 Å². The number of rotatable bonds is 6. The van der Waals surface area contributed by atoms with E-state index in [0.29, 0.717) is 11.7 Å². The van der Waals surface area contributed by atoms with E-state index in [0.717, 1.165) is 11.4 Å². The Morgan fingerprint density at radius 2 is 1.96 bits per heavy atom. The molecular weight excluding hydrogens is 330 g/mol. The van der Waals surface area contributed by atoms with Crippen LogP contribution in [0.3, 0.4) is 0 Å². The van der Waals surface area contributed by atoms with Crippen molar-refractivity contribution >= 4 is 5.91 Å². The molecule has 0 saturated heterocycles. The summed E-state index contributed by atoms with van der Waals surface area (Å²) in [6.07, 6.45) is 3.57. The average molecular weight is 353 g/mol. The van der Waals surface area contributed by atoms with E-state index in [2.05, 4.69) is 29.0 Å². The number of hydrogen-bond acceptors (Lipinski definition) is 5. The Balaban J connectivity index is 1.70. The molecule has 3 rings (SSSR count). The zero-order valence-corrected chi connectivity index (χ0v) is 15.5. The van der Waals surface area contributed by atoms with Gasteiger partial charge >= 0.3 is 0 Å². The van der Waals surface area contributed by atoms with Crippen LogP contribution in [0.1, 0.15) is 44.4 Å². The van der Waals surface area contributed by atoms with E-state index in [4.69, 9.17) is 4.52 Å². The van der Waals surface area contributed by atoms with Crippen LogP contribution < -0.4 is 0 Å². The summed E-state index contributed by atoms with van der Waals surface area (Å²) in [6, 6.07) is 9.21. The van der Waals surface area contributed by atoms with Crippen molar-refractivity contribution in [2.75, 3.05) is 7.05 Å². The molecule has 1 unspecified atom stereocenters. The molecule has 26 heavy (non-hydrogen) atoms. The molecule has 1 amide bonds. The highest BCUT2D eigenvalue weighted by Crippen LogP contribution is 2.20. The highest BCUT2D eigenvalue weighted by molar-refractivity contribution is 5.79. The first-order valence-electron chi connectivity index (χ1n) is 8.63. The average Bonchev–Trinajstić information content (AvgIpc) is 3.30. The van der Waals surface area contributed by atoms with Gasteiger partial charge in [0, 0.05) is 30.9 Å². The SMILES string of the molecule is CC(C)c1nccn1C(C)C(=O)N(C)Cc1noc(-c2ccccc2)n1. The van der Waals surface area contributed by atoms with Gasteiger partial charge in [-0.25, -0.2) is 4.98 Å². The van der Waals surface area contributed by atoms with Gasteiger partial charge in [-0.3, -0.25) is 4.79 Å². The number of aromatic nitrogens is 4. The van der Waals surface area contributed by atoms with E-state index >= 15 is 0 Å². The van der Waals surface area contributed by atoms with Crippen LogP contribution in [0.2, 0.25) is 0 Å². The molecule has 0 N–H and O–H groups in total. The second-order valence-electron chi connectivity index (χ2n) is 6.60. The maximum absolute atomic E-state index is 12.8. The van der Waals surface area contributed by atoms with Gasteiger partial charge < -0.3 is 14.0 Å². The van der Waals surface area contributed by atoms with Gasteiger partial charge in [0.1, 0.15) is 11.9 Å². The quantitative estimate of drug-likeness (QED) is 0.680. The fourth-order valence-corrected chi connectivity index (χ4v) is 2.84. The van der Waals surface area contributed by atoms with Gasteiger partial charge in [0.15, 0.2) is 5.82 Å². The van der Waals surface area contributed by atoms with Crippen LogP contribution in [0.5, 0.6) is 0 Å². The van der Waals surface area contributed by atoms with Crippen LogP contribution in [0.25, 0.3) is 11.5 Å². The molecule has 0 aliphatic heterocycles. The van der Waals surface area contributed by atoms with Gasteiger partial charge in [-0.2, -0.15) is 4.98 Å². The molecule has 2 heterocycles. The van der Waals surface area contributed by atoms with Crippen LogP contribution in [0.15, 0.2) is 47.2 Å². The van der Waals surface area contributed by atoms with Crippen molar-refractivity contribution in [3.63, 3.8) is 0 Å². The standard InChI is InChI=1S/C19H23N5O2/c1-13(2)17-20-10-11-24(17)14(3)19(25)23(4)12-16-21-18(26-22-16)15-8-6-5-7-9-15/h5-11,13-14H,12H2,1-4H3. The maximum atomic E-state index is 12.8. The van der Waals surface area contributed by atoms with E-state index in [1.54, 1.807) is 18.1 Å². The number of nitrogens with zero attached hydrogens (tertiary/aromatic N) is 5. The number of amides is 1. The molecule has 0 aliphatic rings. The molecular formula is C19H23N5O2. The molecule has 0 aliphatic carbocycles. The van der Waals surface area contributed by atoms with Gasteiger partial charge in [-0.05, 0) is 19.1 Å². The fraction of sp³-hybridized carbons (Fsp3) is 0.368. The molecule has 0 spiro atoms. The normalized spacial score (nSPS) is 12.3. The molecule has 7 heteroatoms. The molecule has 0 radical (unpaired) electrons. The number of carbonyl (C=O) groups excluding carboxylic acids is 1. The van der Waals surface area contributed by atoms with Gasteiger partial charge in [-0.1, -0.05) is 37.2 Å². The van der Waals surface area contributed by atoms with Crippen molar-refractivity contribution in [2.45, 2.75) is 39.3 Å². The number of likely N-dealkylation sites (N-methyl/N-ethyl adjacent to an activating group) is 1. The Bertz CT molecular complexity index is 869. The first-order chi connectivity index (χ1) is 12.5. The first kappa shape index (κ1) is 17.8. The molecule has 1 aromatic carbocycles. The number of benzene rings is 1. The van der Waals surface area contributed by atoms with E-state index in [9.17, 15) is 4.79 Å². The lowest BCUT2D eigenvalue weighted by Crippen LogP contribution is -2.33. The number of imidazole rings is 1. The number of hydrogen-bond donors (Lipinski definition) is 0. The summed E-state index contributed by atoms with van der Waals surface area (Å²) >= 11 is 0. The highest BCUT2D eigenvalue weighted by atomic mass is 16.5. The van der Waals surface area contributed by atoms with Gasteiger partial charge in [0.25, 0.3) is 5.89 Å². The van der Waals surface area contributed by atoms with Crippen molar-refractivity contribution in [3.05, 3.63) is 54.4 Å². The summed E-state index contributed by atoms with van der Waals surface area (Å²) < 4.78 is 7.21. The Morgan fingerprint density at radius 1 is 1.23 bits per heavy atom. The molecule has 7 nitrogen and oxygen atoms in total. The summed E-state index contributed by atoms with van der Waals surface area (Å²) in [7, 11) is 1.74. The molecule has 0 saturated carbocycles. The van der Waals surface area contributed by atoms with E-state index in [-0.39, 0.29) is 24.4 Å². The topological polar surface area (TPSA) is 77.0 Å². The Morgan fingerprint density at radius 3 is 2.65 bits per heavy atom. The molecule has 3 aromatic rings. The van der Waals surface area contributed by atoms with Crippen LogP contribution in [0.4, 0.5) is 0 Å². The van der Waals surface area contributed by atoms with Crippen LogP contribution in [-0.2, 0) is 11.3 Å².